The second-order valence-corrected chi connectivity index (χ2v) is 7.65. The molecule has 25 heavy (non-hydrogen) atoms. The van der Waals surface area contributed by atoms with Crippen molar-refractivity contribution in [2.24, 2.45) is 5.92 Å². The summed E-state index contributed by atoms with van der Waals surface area (Å²) in [6.45, 7) is 2.07. The third-order valence-electron chi connectivity index (χ3n) is 5.55. The van der Waals surface area contributed by atoms with Crippen LogP contribution in [0.3, 0.4) is 0 Å². The molecule has 1 aromatic heterocycles. The summed E-state index contributed by atoms with van der Waals surface area (Å²) in [4.78, 5) is 16.7. The number of carbonyl (C=O) groups is 1. The molecule has 1 aromatic carbocycles. The van der Waals surface area contributed by atoms with Gasteiger partial charge in [-0.25, -0.2) is 4.39 Å². The lowest BCUT2D eigenvalue weighted by molar-refractivity contribution is 0.0927. The Balaban J connectivity index is 1.38. The Labute approximate surface area is 147 Å². The van der Waals surface area contributed by atoms with Gasteiger partial charge in [-0.3, -0.25) is 9.78 Å². The smallest absolute Gasteiger partial charge is 0.270 e. The zero-order valence-electron chi connectivity index (χ0n) is 14.5. The molecule has 3 atom stereocenters. The molecule has 0 aliphatic carbocycles. The van der Waals surface area contributed by atoms with Crippen LogP contribution in [0.4, 0.5) is 4.39 Å². The third-order valence-corrected chi connectivity index (χ3v) is 5.55. The minimum absolute atomic E-state index is 0.126. The molecule has 3 unspecified atom stereocenters. The minimum atomic E-state index is -0.295. The van der Waals surface area contributed by atoms with Crippen LogP contribution in [0.15, 0.2) is 30.5 Å². The van der Waals surface area contributed by atoms with Crippen molar-refractivity contribution in [3.8, 4) is 0 Å². The van der Waals surface area contributed by atoms with Gasteiger partial charge in [-0.05, 0) is 68.5 Å². The van der Waals surface area contributed by atoms with Crippen molar-refractivity contribution in [3.63, 3.8) is 0 Å². The van der Waals surface area contributed by atoms with Crippen LogP contribution in [0.1, 0.15) is 49.5 Å². The molecule has 2 N–H and O–H groups in total. The van der Waals surface area contributed by atoms with E-state index in [1.165, 1.54) is 37.8 Å². The van der Waals surface area contributed by atoms with Crippen LogP contribution in [0, 0.1) is 11.7 Å². The van der Waals surface area contributed by atoms with Gasteiger partial charge in [0.15, 0.2) is 0 Å². The average molecular weight is 341 g/mol. The van der Waals surface area contributed by atoms with Crippen LogP contribution in [-0.2, 0) is 0 Å². The summed E-state index contributed by atoms with van der Waals surface area (Å²) in [5, 5.41) is 8.26. The lowest BCUT2D eigenvalue weighted by Crippen LogP contribution is -2.41. The fraction of sp³-hybridized carbons (Fsp3) is 0.500. The Hall–Kier alpha value is -2.01. The number of fused-ring (bicyclic) bond motifs is 3. The van der Waals surface area contributed by atoms with E-state index in [0.29, 0.717) is 29.1 Å². The van der Waals surface area contributed by atoms with Gasteiger partial charge in [0.05, 0.1) is 0 Å². The number of amides is 1. The largest absolute Gasteiger partial charge is 0.348 e. The van der Waals surface area contributed by atoms with Crippen molar-refractivity contribution >= 4 is 16.7 Å². The van der Waals surface area contributed by atoms with Gasteiger partial charge in [-0.15, -0.1) is 0 Å². The first kappa shape index (κ1) is 16.5. The van der Waals surface area contributed by atoms with Crippen LogP contribution >= 0.6 is 0 Å². The Morgan fingerprint density at radius 1 is 1.28 bits per heavy atom. The van der Waals surface area contributed by atoms with Gasteiger partial charge in [-0.2, -0.15) is 0 Å². The van der Waals surface area contributed by atoms with Gasteiger partial charge >= 0.3 is 0 Å². The molecule has 2 bridgehead atoms. The molecule has 2 saturated heterocycles. The Kier molecular flexibility index (Phi) is 4.42. The number of hydrogen-bond donors (Lipinski definition) is 2. The monoisotopic (exact) mass is 341 g/mol. The maximum absolute atomic E-state index is 13.2. The summed E-state index contributed by atoms with van der Waals surface area (Å²) in [5.74, 6) is 0.230. The molecule has 2 fully saturated rings. The van der Waals surface area contributed by atoms with E-state index < -0.39 is 0 Å². The number of pyridine rings is 1. The molecular formula is C20H24FN3O. The summed E-state index contributed by atoms with van der Waals surface area (Å²) in [6, 6.07) is 7.71. The average Bonchev–Trinajstić information content (AvgIpc) is 2.92. The molecule has 132 valence electrons. The van der Waals surface area contributed by atoms with Gasteiger partial charge in [0, 0.05) is 29.7 Å². The van der Waals surface area contributed by atoms with Crippen LogP contribution in [-0.4, -0.2) is 29.0 Å². The van der Waals surface area contributed by atoms with E-state index >= 15 is 0 Å². The number of nitrogens with zero attached hydrogens (tertiary/aromatic N) is 1. The van der Waals surface area contributed by atoms with E-state index in [1.54, 1.807) is 18.3 Å². The molecule has 1 amide bonds. The predicted octanol–water partition coefficient (Wildman–Crippen LogP) is 3.41. The van der Waals surface area contributed by atoms with E-state index in [9.17, 15) is 9.18 Å². The van der Waals surface area contributed by atoms with E-state index in [0.717, 1.165) is 11.8 Å². The highest BCUT2D eigenvalue weighted by Gasteiger charge is 2.33. The topological polar surface area (TPSA) is 54.0 Å². The first-order valence-electron chi connectivity index (χ1n) is 9.19. The van der Waals surface area contributed by atoms with Crippen LogP contribution in [0.5, 0.6) is 0 Å². The summed E-state index contributed by atoms with van der Waals surface area (Å²) in [6.07, 6.45) is 7.60. The summed E-state index contributed by atoms with van der Waals surface area (Å²) in [7, 11) is 0. The second-order valence-electron chi connectivity index (χ2n) is 7.65. The third kappa shape index (κ3) is 3.66. The number of piperidine rings is 1. The van der Waals surface area contributed by atoms with Crippen molar-refractivity contribution in [3.05, 3.63) is 42.0 Å². The SMILES string of the molecule is CC(CC1CC2CCC(C1)N2)NC(=O)c1cc2ccc(F)cc2cn1. The molecule has 2 aliphatic rings. The number of carbonyl (C=O) groups excluding carboxylic acids is 1. The molecule has 0 saturated carbocycles. The van der Waals surface area contributed by atoms with Crippen molar-refractivity contribution in [2.45, 2.75) is 57.2 Å². The van der Waals surface area contributed by atoms with Gasteiger partial charge < -0.3 is 10.6 Å². The standard InChI is InChI=1S/C20H24FN3O/c1-12(6-13-7-17-4-5-18(8-13)24-17)23-20(25)19-10-14-2-3-16(21)9-15(14)11-22-19/h2-3,9-13,17-18,24H,4-8H2,1H3,(H,23,25). The van der Waals surface area contributed by atoms with E-state index in [1.807, 2.05) is 0 Å². The zero-order valence-corrected chi connectivity index (χ0v) is 14.5. The van der Waals surface area contributed by atoms with Crippen molar-refractivity contribution < 1.29 is 9.18 Å². The quantitative estimate of drug-likeness (QED) is 0.896. The van der Waals surface area contributed by atoms with Gasteiger partial charge in [0.2, 0.25) is 0 Å². The highest BCUT2D eigenvalue weighted by Crippen LogP contribution is 2.33. The fourth-order valence-electron chi connectivity index (χ4n) is 4.46. The number of hydrogen-bond acceptors (Lipinski definition) is 3. The number of rotatable bonds is 4. The van der Waals surface area contributed by atoms with Gasteiger partial charge in [0.1, 0.15) is 11.5 Å². The molecular weight excluding hydrogens is 317 g/mol. The summed E-state index contributed by atoms with van der Waals surface area (Å²) in [5.41, 5.74) is 0.385. The predicted molar refractivity (Wildman–Crippen MR) is 95.9 cm³/mol. The van der Waals surface area contributed by atoms with Crippen LogP contribution in [0.2, 0.25) is 0 Å². The highest BCUT2D eigenvalue weighted by molar-refractivity contribution is 5.96. The van der Waals surface area contributed by atoms with Crippen molar-refractivity contribution in [1.29, 1.82) is 0 Å². The Morgan fingerprint density at radius 2 is 2.04 bits per heavy atom. The summed E-state index contributed by atoms with van der Waals surface area (Å²) < 4.78 is 13.2. The summed E-state index contributed by atoms with van der Waals surface area (Å²) >= 11 is 0. The van der Waals surface area contributed by atoms with Crippen molar-refractivity contribution in [2.75, 3.05) is 0 Å². The lowest BCUT2D eigenvalue weighted by atomic mass is 9.87. The van der Waals surface area contributed by atoms with Gasteiger partial charge in [-0.1, -0.05) is 6.07 Å². The van der Waals surface area contributed by atoms with E-state index in [-0.39, 0.29) is 17.8 Å². The molecule has 2 aromatic rings. The molecule has 0 spiro atoms. The van der Waals surface area contributed by atoms with Crippen molar-refractivity contribution in [1.82, 2.24) is 15.6 Å². The maximum Gasteiger partial charge on any atom is 0.270 e. The first-order chi connectivity index (χ1) is 12.1. The fourth-order valence-corrected chi connectivity index (χ4v) is 4.46. The molecule has 4 rings (SSSR count). The normalized spacial score (nSPS) is 26.6. The van der Waals surface area contributed by atoms with E-state index in [4.69, 9.17) is 0 Å². The van der Waals surface area contributed by atoms with Crippen LogP contribution in [0.25, 0.3) is 10.8 Å². The first-order valence-corrected chi connectivity index (χ1v) is 9.19. The van der Waals surface area contributed by atoms with E-state index in [2.05, 4.69) is 22.5 Å². The molecule has 0 radical (unpaired) electrons. The van der Waals surface area contributed by atoms with Gasteiger partial charge in [0.25, 0.3) is 5.91 Å². The molecule has 3 heterocycles. The number of halogens is 1. The molecule has 4 nitrogen and oxygen atoms in total. The Bertz CT molecular complexity index is 782. The number of nitrogens with one attached hydrogen (secondary N) is 2. The minimum Gasteiger partial charge on any atom is -0.348 e. The highest BCUT2D eigenvalue weighted by atomic mass is 19.1. The molecule has 5 heteroatoms. The number of aromatic nitrogens is 1. The maximum atomic E-state index is 13.2. The second kappa shape index (κ2) is 6.71. The molecule has 2 aliphatic heterocycles. The van der Waals surface area contributed by atoms with Crippen LogP contribution < -0.4 is 10.6 Å². The zero-order chi connectivity index (χ0) is 17.4. The number of benzene rings is 1. The lowest BCUT2D eigenvalue weighted by Gasteiger charge is -2.31. The Morgan fingerprint density at radius 3 is 2.80 bits per heavy atom.